The molecule has 4 heterocycles. The van der Waals surface area contributed by atoms with Gasteiger partial charge in [0.1, 0.15) is 0 Å². The van der Waals surface area contributed by atoms with Crippen LogP contribution in [-0.4, -0.2) is 19.9 Å². The minimum Gasteiger partial charge on any atom is -0.265 e. The van der Waals surface area contributed by atoms with E-state index in [1.54, 1.807) is 0 Å². The summed E-state index contributed by atoms with van der Waals surface area (Å²) in [5.41, 5.74) is 21.3. The minimum atomic E-state index is 0.932. The molecule has 0 unspecified atom stereocenters. The Morgan fingerprint density at radius 1 is 0.326 bits per heavy atom. The fourth-order valence-corrected chi connectivity index (χ4v) is 7.34. The molecule has 0 fully saturated rings. The zero-order valence-corrected chi connectivity index (χ0v) is 27.9. The predicted octanol–water partition coefficient (Wildman–Crippen LogP) is 10.7. The van der Waals surface area contributed by atoms with Gasteiger partial charge in [0, 0.05) is 46.7 Å². The van der Waals surface area contributed by atoms with Gasteiger partial charge in [-0.05, 0) is 159 Å². The molecule has 0 radical (unpaired) electrons. The summed E-state index contributed by atoms with van der Waals surface area (Å²) >= 11 is 0. The summed E-state index contributed by atoms with van der Waals surface area (Å²) in [6.07, 6.45) is 7.46. The van der Waals surface area contributed by atoms with Crippen LogP contribution in [0.25, 0.3) is 66.6 Å². The van der Waals surface area contributed by atoms with E-state index in [9.17, 15) is 0 Å². The molecule has 0 amide bonds. The maximum Gasteiger partial charge on any atom is 0.0972 e. The summed E-state index contributed by atoms with van der Waals surface area (Å²) < 4.78 is 0. The number of benzene rings is 3. The van der Waals surface area contributed by atoms with Crippen molar-refractivity contribution in [1.29, 1.82) is 0 Å². The van der Waals surface area contributed by atoms with E-state index in [1.807, 2.05) is 24.8 Å². The first-order valence-electron chi connectivity index (χ1n) is 15.9. The molecule has 0 aliphatic carbocycles. The number of nitrogens with zero attached hydrogens (tertiary/aromatic N) is 4. The third-order valence-corrected chi connectivity index (χ3v) is 10.2. The first-order chi connectivity index (χ1) is 22.2. The standard InChI is InChI=1S/C42H38N4/c1-23-27(5)39(28(6)24(2)37(23)31-15-19-43-20-16-31)35-13-11-33-9-10-34-12-14-36(46-42(34)41(33)45-35)40-29(7)25(3)38(26(4)30(40)8)32-17-21-44-22-18-32/h9-22H,1-8H3. The van der Waals surface area contributed by atoms with Crippen molar-refractivity contribution in [2.24, 2.45) is 0 Å². The van der Waals surface area contributed by atoms with Gasteiger partial charge in [0.25, 0.3) is 0 Å². The average molecular weight is 599 g/mol. The summed E-state index contributed by atoms with van der Waals surface area (Å²) in [5.74, 6) is 0. The van der Waals surface area contributed by atoms with Gasteiger partial charge >= 0.3 is 0 Å². The van der Waals surface area contributed by atoms with Crippen LogP contribution < -0.4 is 0 Å². The molecular formula is C42H38N4. The van der Waals surface area contributed by atoms with Gasteiger partial charge in [0.15, 0.2) is 0 Å². The Bertz CT molecular complexity index is 2100. The lowest BCUT2D eigenvalue weighted by Gasteiger charge is -2.21. The second kappa shape index (κ2) is 11.3. The van der Waals surface area contributed by atoms with E-state index < -0.39 is 0 Å². The van der Waals surface area contributed by atoms with Crippen molar-refractivity contribution in [2.75, 3.05) is 0 Å². The van der Waals surface area contributed by atoms with Crippen molar-refractivity contribution >= 4 is 21.8 Å². The largest absolute Gasteiger partial charge is 0.265 e. The molecule has 0 N–H and O–H groups in total. The molecule has 7 rings (SSSR count). The third-order valence-electron chi connectivity index (χ3n) is 10.2. The van der Waals surface area contributed by atoms with Gasteiger partial charge in [0.2, 0.25) is 0 Å². The molecule has 3 aromatic carbocycles. The van der Waals surface area contributed by atoms with Gasteiger partial charge in [-0.25, -0.2) is 9.97 Å². The van der Waals surface area contributed by atoms with Crippen LogP contribution in [-0.2, 0) is 0 Å². The van der Waals surface area contributed by atoms with Crippen molar-refractivity contribution in [1.82, 2.24) is 19.9 Å². The molecule has 0 aliphatic heterocycles. The lowest BCUT2D eigenvalue weighted by Crippen LogP contribution is -2.02. The van der Waals surface area contributed by atoms with Crippen LogP contribution in [0, 0.1) is 55.4 Å². The van der Waals surface area contributed by atoms with Gasteiger partial charge in [-0.15, -0.1) is 0 Å². The van der Waals surface area contributed by atoms with Gasteiger partial charge in [-0.2, -0.15) is 0 Å². The fourth-order valence-electron chi connectivity index (χ4n) is 7.34. The molecule has 0 aliphatic rings. The molecule has 4 nitrogen and oxygen atoms in total. The van der Waals surface area contributed by atoms with Gasteiger partial charge in [-0.1, -0.05) is 24.3 Å². The average Bonchev–Trinajstić information content (AvgIpc) is 3.08. The Balaban J connectivity index is 1.42. The molecule has 7 aromatic rings. The monoisotopic (exact) mass is 598 g/mol. The number of hydrogen-bond acceptors (Lipinski definition) is 4. The maximum absolute atomic E-state index is 5.37. The quantitative estimate of drug-likeness (QED) is 0.189. The number of aromatic nitrogens is 4. The summed E-state index contributed by atoms with van der Waals surface area (Å²) in [7, 11) is 0. The van der Waals surface area contributed by atoms with E-state index in [2.05, 4.69) is 126 Å². The topological polar surface area (TPSA) is 51.6 Å². The first-order valence-corrected chi connectivity index (χ1v) is 15.9. The molecule has 226 valence electrons. The summed E-state index contributed by atoms with van der Waals surface area (Å²) in [4.78, 5) is 19.2. The maximum atomic E-state index is 5.37. The number of fused-ring (bicyclic) bond motifs is 3. The van der Waals surface area contributed by atoms with E-state index in [-0.39, 0.29) is 0 Å². The molecular weight excluding hydrogens is 560 g/mol. The van der Waals surface area contributed by atoms with Gasteiger partial charge in [-0.3, -0.25) is 9.97 Å². The van der Waals surface area contributed by atoms with Crippen LogP contribution in [0.15, 0.2) is 85.5 Å². The van der Waals surface area contributed by atoms with Crippen LogP contribution in [0.4, 0.5) is 0 Å². The number of hydrogen-bond donors (Lipinski definition) is 0. The van der Waals surface area contributed by atoms with E-state index in [0.717, 1.165) is 33.2 Å². The minimum absolute atomic E-state index is 0.932. The Labute approximate surface area is 271 Å². The second-order valence-corrected chi connectivity index (χ2v) is 12.6. The predicted molar refractivity (Wildman–Crippen MR) is 192 cm³/mol. The first kappa shape index (κ1) is 29.5. The van der Waals surface area contributed by atoms with Crippen molar-refractivity contribution in [3.05, 3.63) is 130 Å². The Hall–Kier alpha value is -5.22. The summed E-state index contributed by atoms with van der Waals surface area (Å²) in [6.45, 7) is 17.8. The molecule has 4 heteroatoms. The van der Waals surface area contributed by atoms with Crippen molar-refractivity contribution < 1.29 is 0 Å². The smallest absolute Gasteiger partial charge is 0.0972 e. The highest BCUT2D eigenvalue weighted by Gasteiger charge is 2.21. The Morgan fingerprint density at radius 2 is 0.609 bits per heavy atom. The number of rotatable bonds is 4. The molecule has 46 heavy (non-hydrogen) atoms. The van der Waals surface area contributed by atoms with E-state index in [1.165, 1.54) is 77.9 Å². The normalized spacial score (nSPS) is 11.5. The highest BCUT2D eigenvalue weighted by Crippen LogP contribution is 2.41. The Kier molecular flexibility index (Phi) is 7.24. The zero-order valence-electron chi connectivity index (χ0n) is 27.9. The van der Waals surface area contributed by atoms with Gasteiger partial charge < -0.3 is 0 Å². The van der Waals surface area contributed by atoms with Crippen LogP contribution in [0.3, 0.4) is 0 Å². The summed E-state index contributed by atoms with van der Waals surface area (Å²) in [6, 6.07) is 21.4. The highest BCUT2D eigenvalue weighted by atomic mass is 14.8. The van der Waals surface area contributed by atoms with Crippen LogP contribution >= 0.6 is 0 Å². The lowest BCUT2D eigenvalue weighted by molar-refractivity contribution is 1.22. The highest BCUT2D eigenvalue weighted by molar-refractivity contribution is 6.04. The zero-order chi connectivity index (χ0) is 32.3. The van der Waals surface area contributed by atoms with Crippen molar-refractivity contribution in [2.45, 2.75) is 55.4 Å². The van der Waals surface area contributed by atoms with Crippen molar-refractivity contribution in [3.8, 4) is 44.8 Å². The molecule has 0 spiro atoms. The lowest BCUT2D eigenvalue weighted by atomic mass is 9.84. The molecule has 0 atom stereocenters. The van der Waals surface area contributed by atoms with Crippen LogP contribution in [0.5, 0.6) is 0 Å². The molecule has 4 aromatic heterocycles. The fraction of sp³-hybridized carbons (Fsp3) is 0.190. The molecule has 0 saturated carbocycles. The SMILES string of the molecule is Cc1c(C)c(-c2ccc3ccc4ccc(-c5c(C)c(C)c(-c6ccncc6)c(C)c5C)nc4c3n2)c(C)c(C)c1-c1ccncc1. The second-order valence-electron chi connectivity index (χ2n) is 12.6. The van der Waals surface area contributed by atoms with Crippen LogP contribution in [0.2, 0.25) is 0 Å². The summed E-state index contributed by atoms with van der Waals surface area (Å²) in [5, 5.41) is 2.18. The van der Waals surface area contributed by atoms with Crippen molar-refractivity contribution in [3.63, 3.8) is 0 Å². The van der Waals surface area contributed by atoms with Gasteiger partial charge in [0.05, 0.1) is 22.4 Å². The third kappa shape index (κ3) is 4.59. The van der Waals surface area contributed by atoms with E-state index >= 15 is 0 Å². The van der Waals surface area contributed by atoms with Crippen LogP contribution in [0.1, 0.15) is 44.5 Å². The number of pyridine rings is 4. The molecule has 0 saturated heterocycles. The van der Waals surface area contributed by atoms with E-state index in [4.69, 9.17) is 9.97 Å². The van der Waals surface area contributed by atoms with E-state index in [0.29, 0.717) is 0 Å². The Morgan fingerprint density at radius 3 is 0.935 bits per heavy atom. The molecule has 0 bridgehead atoms.